The van der Waals surface area contributed by atoms with Gasteiger partial charge < -0.3 is 4.90 Å². The first-order valence-corrected chi connectivity index (χ1v) is 8.19. The van der Waals surface area contributed by atoms with Crippen LogP contribution in [0.25, 0.3) is 0 Å². The Balaban J connectivity index is 1.30. The van der Waals surface area contributed by atoms with Crippen LogP contribution in [-0.4, -0.2) is 47.1 Å². The van der Waals surface area contributed by atoms with Crippen LogP contribution < -0.4 is 4.90 Å². The molecule has 0 radical (unpaired) electrons. The molecule has 1 aromatic rings. The molecule has 2 saturated carbocycles. The van der Waals surface area contributed by atoms with Gasteiger partial charge in [0.15, 0.2) is 0 Å². The predicted octanol–water partition coefficient (Wildman–Crippen LogP) is 1.88. The minimum Gasteiger partial charge on any atom is -0.356 e. The maximum absolute atomic E-state index is 4.81. The molecule has 5 rings (SSSR count). The molecule has 4 heteroatoms. The van der Waals surface area contributed by atoms with E-state index in [9.17, 15) is 0 Å². The van der Waals surface area contributed by atoms with Gasteiger partial charge in [-0.25, -0.2) is 9.97 Å². The Hall–Kier alpha value is -1.16. The van der Waals surface area contributed by atoms with E-state index in [0.29, 0.717) is 5.92 Å². The Kier molecular flexibility index (Phi) is 2.40. The Morgan fingerprint density at radius 1 is 0.950 bits per heavy atom. The van der Waals surface area contributed by atoms with Gasteiger partial charge in [-0.2, -0.15) is 0 Å². The molecule has 2 unspecified atom stereocenters. The second kappa shape index (κ2) is 4.17. The van der Waals surface area contributed by atoms with Gasteiger partial charge in [0.05, 0.1) is 0 Å². The van der Waals surface area contributed by atoms with Gasteiger partial charge in [-0.1, -0.05) is 0 Å². The maximum Gasteiger partial charge on any atom is 0.133 e. The summed E-state index contributed by atoms with van der Waals surface area (Å²) < 4.78 is 0. The van der Waals surface area contributed by atoms with E-state index in [1.54, 1.807) is 0 Å². The number of nitrogens with zero attached hydrogens (tertiary/aromatic N) is 4. The molecule has 0 spiro atoms. The quantitative estimate of drug-likeness (QED) is 0.839. The Bertz CT molecular complexity index is 509. The van der Waals surface area contributed by atoms with Crippen LogP contribution in [0.5, 0.6) is 0 Å². The molecular weight excluding hydrogens is 248 g/mol. The smallest absolute Gasteiger partial charge is 0.133 e. The van der Waals surface area contributed by atoms with E-state index in [1.807, 2.05) is 6.20 Å². The molecule has 4 aliphatic rings. The van der Waals surface area contributed by atoms with E-state index >= 15 is 0 Å². The van der Waals surface area contributed by atoms with Crippen molar-refractivity contribution in [3.8, 4) is 0 Å². The summed E-state index contributed by atoms with van der Waals surface area (Å²) in [7, 11) is 0. The first-order valence-electron chi connectivity index (χ1n) is 8.19. The third kappa shape index (κ3) is 1.93. The molecule has 0 amide bonds. The average molecular weight is 270 g/mol. The van der Waals surface area contributed by atoms with E-state index in [4.69, 9.17) is 4.98 Å². The summed E-state index contributed by atoms with van der Waals surface area (Å²) >= 11 is 0. The van der Waals surface area contributed by atoms with Crippen molar-refractivity contribution in [3.05, 3.63) is 18.1 Å². The summed E-state index contributed by atoms with van der Waals surface area (Å²) in [6, 6.07) is 3.04. The fourth-order valence-corrected chi connectivity index (χ4v) is 4.03. The van der Waals surface area contributed by atoms with Crippen molar-refractivity contribution in [1.29, 1.82) is 0 Å². The summed E-state index contributed by atoms with van der Waals surface area (Å²) in [6.07, 6.45) is 7.41. The van der Waals surface area contributed by atoms with Crippen LogP contribution in [0.1, 0.15) is 37.4 Å². The number of likely N-dealkylation sites (tertiary alicyclic amines) is 1. The number of fused-ring (bicyclic) bond motifs is 1. The van der Waals surface area contributed by atoms with Gasteiger partial charge in [0.25, 0.3) is 0 Å². The second-order valence-electron chi connectivity index (χ2n) is 7.16. The van der Waals surface area contributed by atoms with E-state index in [0.717, 1.165) is 23.7 Å². The van der Waals surface area contributed by atoms with Crippen LogP contribution in [0, 0.1) is 11.8 Å². The molecule has 0 aromatic carbocycles. The van der Waals surface area contributed by atoms with Gasteiger partial charge in [-0.15, -0.1) is 0 Å². The minimum absolute atomic E-state index is 0.655. The van der Waals surface area contributed by atoms with Gasteiger partial charge in [-0.05, 0) is 43.6 Å². The summed E-state index contributed by atoms with van der Waals surface area (Å²) in [6.45, 7) is 5.06. The van der Waals surface area contributed by atoms with Crippen LogP contribution in [-0.2, 0) is 0 Å². The highest BCUT2D eigenvalue weighted by atomic mass is 15.3. The Labute approximate surface area is 120 Å². The van der Waals surface area contributed by atoms with Crippen molar-refractivity contribution >= 4 is 5.82 Å². The van der Waals surface area contributed by atoms with Crippen LogP contribution in [0.4, 0.5) is 5.82 Å². The number of aromatic nitrogens is 2. The van der Waals surface area contributed by atoms with Crippen molar-refractivity contribution in [1.82, 2.24) is 14.9 Å². The largest absolute Gasteiger partial charge is 0.356 e. The fourth-order valence-electron chi connectivity index (χ4n) is 4.03. The molecule has 20 heavy (non-hydrogen) atoms. The zero-order valence-corrected chi connectivity index (χ0v) is 11.9. The van der Waals surface area contributed by atoms with Crippen LogP contribution in [0.3, 0.4) is 0 Å². The van der Waals surface area contributed by atoms with Crippen LogP contribution in [0.15, 0.2) is 12.3 Å². The lowest BCUT2D eigenvalue weighted by molar-refractivity contribution is 0.306. The molecule has 3 heterocycles. The molecule has 0 bridgehead atoms. The van der Waals surface area contributed by atoms with Gasteiger partial charge >= 0.3 is 0 Å². The molecule has 1 aromatic heterocycles. The maximum atomic E-state index is 4.81. The van der Waals surface area contributed by atoms with Crippen molar-refractivity contribution in [2.75, 3.05) is 31.1 Å². The standard InChI is InChI=1S/C16H22N4/c1-2-11(1)16-17-6-5-15(18-16)20-9-12-7-19(14-3-4-14)8-13(12)10-20/h5-6,11-14H,1-4,7-10H2. The molecule has 106 valence electrons. The van der Waals surface area contributed by atoms with Crippen molar-refractivity contribution in [3.63, 3.8) is 0 Å². The monoisotopic (exact) mass is 270 g/mol. The van der Waals surface area contributed by atoms with Crippen molar-refractivity contribution in [2.24, 2.45) is 11.8 Å². The second-order valence-corrected chi connectivity index (χ2v) is 7.16. The molecule has 4 fully saturated rings. The molecule has 2 atom stereocenters. The van der Waals surface area contributed by atoms with Gasteiger partial charge in [0.1, 0.15) is 11.6 Å². The summed E-state index contributed by atoms with van der Waals surface area (Å²) in [4.78, 5) is 14.5. The Morgan fingerprint density at radius 3 is 2.35 bits per heavy atom. The van der Waals surface area contributed by atoms with Crippen LogP contribution in [0.2, 0.25) is 0 Å². The average Bonchev–Trinajstić information content (AvgIpc) is 3.36. The third-order valence-corrected chi connectivity index (χ3v) is 5.50. The normalized spacial score (nSPS) is 33.7. The number of hydrogen-bond donors (Lipinski definition) is 0. The highest BCUT2D eigenvalue weighted by molar-refractivity contribution is 5.40. The lowest BCUT2D eigenvalue weighted by Crippen LogP contribution is -2.30. The van der Waals surface area contributed by atoms with Crippen LogP contribution >= 0.6 is 0 Å². The number of rotatable bonds is 3. The number of hydrogen-bond acceptors (Lipinski definition) is 4. The molecule has 2 saturated heterocycles. The molecule has 4 nitrogen and oxygen atoms in total. The zero-order valence-electron chi connectivity index (χ0n) is 11.9. The lowest BCUT2D eigenvalue weighted by Gasteiger charge is -2.22. The first-order chi connectivity index (χ1) is 9.87. The molecule has 2 aliphatic carbocycles. The highest BCUT2D eigenvalue weighted by Gasteiger charge is 2.44. The zero-order chi connectivity index (χ0) is 13.1. The van der Waals surface area contributed by atoms with E-state index in [2.05, 4.69) is 20.9 Å². The summed E-state index contributed by atoms with van der Waals surface area (Å²) in [5.41, 5.74) is 0. The summed E-state index contributed by atoms with van der Waals surface area (Å²) in [5.74, 6) is 4.65. The van der Waals surface area contributed by atoms with Gasteiger partial charge in [-0.3, -0.25) is 4.90 Å². The molecule has 2 aliphatic heterocycles. The fraction of sp³-hybridized carbons (Fsp3) is 0.750. The van der Waals surface area contributed by atoms with Crippen molar-refractivity contribution in [2.45, 2.75) is 37.6 Å². The third-order valence-electron chi connectivity index (χ3n) is 5.50. The lowest BCUT2D eigenvalue weighted by atomic mass is 10.0. The molecule has 0 N–H and O–H groups in total. The van der Waals surface area contributed by atoms with E-state index < -0.39 is 0 Å². The number of anilines is 1. The van der Waals surface area contributed by atoms with Crippen molar-refractivity contribution < 1.29 is 0 Å². The van der Waals surface area contributed by atoms with E-state index in [-0.39, 0.29) is 0 Å². The first kappa shape index (κ1) is 11.5. The topological polar surface area (TPSA) is 32.3 Å². The van der Waals surface area contributed by atoms with E-state index in [1.165, 1.54) is 57.7 Å². The van der Waals surface area contributed by atoms with Gasteiger partial charge in [0, 0.05) is 44.3 Å². The molecular formula is C16H22N4. The minimum atomic E-state index is 0.655. The SMILES string of the molecule is c1cc(N2CC3CN(C4CC4)CC3C2)nc(C2CC2)n1. The highest BCUT2D eigenvalue weighted by Crippen LogP contribution is 2.40. The summed E-state index contributed by atoms with van der Waals surface area (Å²) in [5, 5.41) is 0. The predicted molar refractivity (Wildman–Crippen MR) is 77.8 cm³/mol. The Morgan fingerprint density at radius 2 is 1.70 bits per heavy atom. The van der Waals surface area contributed by atoms with Gasteiger partial charge in [0.2, 0.25) is 0 Å².